The molecule has 1 aromatic carbocycles. The summed E-state index contributed by atoms with van der Waals surface area (Å²) in [6.45, 7) is 2.65. The molecule has 0 bridgehead atoms. The molecule has 0 aromatic heterocycles. The molecule has 106 valence electrons. The number of halogens is 2. The van der Waals surface area contributed by atoms with Crippen molar-refractivity contribution in [3.63, 3.8) is 0 Å². The van der Waals surface area contributed by atoms with E-state index in [4.69, 9.17) is 4.74 Å². The Morgan fingerprint density at radius 2 is 1.89 bits per heavy atom. The van der Waals surface area contributed by atoms with Crippen molar-refractivity contribution >= 4 is 0 Å². The van der Waals surface area contributed by atoms with Crippen molar-refractivity contribution in [1.29, 1.82) is 0 Å². The molecule has 0 saturated carbocycles. The minimum absolute atomic E-state index is 0.0849. The fourth-order valence-electron chi connectivity index (χ4n) is 2.25. The summed E-state index contributed by atoms with van der Waals surface area (Å²) >= 11 is 0. The Morgan fingerprint density at radius 3 is 2.58 bits per heavy atom. The largest absolute Gasteiger partial charge is 0.491 e. The molecule has 1 fully saturated rings. The fourth-order valence-corrected chi connectivity index (χ4v) is 2.25. The highest BCUT2D eigenvalue weighted by atomic mass is 19.2. The Kier molecular flexibility index (Phi) is 5.10. The number of ether oxygens (including phenoxy) is 1. The molecule has 1 heterocycles. The minimum atomic E-state index is -0.942. The fraction of sp³-hybridized carbons (Fsp3) is 0.571. The van der Waals surface area contributed by atoms with Gasteiger partial charge in [-0.15, -0.1) is 0 Å². The summed E-state index contributed by atoms with van der Waals surface area (Å²) in [5.41, 5.74) is 0. The van der Waals surface area contributed by atoms with E-state index in [1.165, 1.54) is 12.5 Å². The third-order valence-electron chi connectivity index (χ3n) is 3.25. The van der Waals surface area contributed by atoms with Gasteiger partial charge in [0.1, 0.15) is 18.5 Å². The normalized spacial score (nSPS) is 18.3. The lowest BCUT2D eigenvalue weighted by molar-refractivity contribution is 0.0616. The molecule has 1 aliphatic rings. The monoisotopic (exact) mass is 271 g/mol. The van der Waals surface area contributed by atoms with Crippen molar-refractivity contribution in [2.75, 3.05) is 26.2 Å². The summed E-state index contributed by atoms with van der Waals surface area (Å²) in [6.07, 6.45) is 2.96. The topological polar surface area (TPSA) is 32.7 Å². The lowest BCUT2D eigenvalue weighted by Gasteiger charge is -2.28. The second-order valence-corrected chi connectivity index (χ2v) is 4.90. The zero-order valence-corrected chi connectivity index (χ0v) is 10.8. The van der Waals surface area contributed by atoms with Crippen LogP contribution >= 0.6 is 0 Å². The van der Waals surface area contributed by atoms with Crippen molar-refractivity contribution < 1.29 is 18.6 Å². The maximum absolute atomic E-state index is 13.0. The SMILES string of the molecule is OC(COc1ccc(F)c(F)c1)CN1CCCCC1. The molecule has 1 aliphatic heterocycles. The smallest absolute Gasteiger partial charge is 0.162 e. The summed E-state index contributed by atoms with van der Waals surface area (Å²) in [6, 6.07) is 3.36. The van der Waals surface area contributed by atoms with Gasteiger partial charge in [-0.1, -0.05) is 6.42 Å². The number of hydrogen-bond donors (Lipinski definition) is 1. The van der Waals surface area contributed by atoms with Crippen molar-refractivity contribution in [2.24, 2.45) is 0 Å². The Hall–Kier alpha value is -1.20. The van der Waals surface area contributed by atoms with Gasteiger partial charge in [-0.05, 0) is 38.1 Å². The predicted molar refractivity (Wildman–Crippen MR) is 68.2 cm³/mol. The van der Waals surface area contributed by atoms with Crippen LogP contribution in [0.5, 0.6) is 5.75 Å². The van der Waals surface area contributed by atoms with E-state index in [0.717, 1.165) is 38.1 Å². The standard InChI is InChI=1S/C14H19F2NO2/c15-13-5-4-12(8-14(13)16)19-10-11(18)9-17-6-2-1-3-7-17/h4-5,8,11,18H,1-3,6-7,9-10H2. The van der Waals surface area contributed by atoms with Crippen LogP contribution in [0, 0.1) is 11.6 Å². The molecule has 0 spiro atoms. The van der Waals surface area contributed by atoms with Gasteiger partial charge in [0.15, 0.2) is 11.6 Å². The van der Waals surface area contributed by atoms with Crippen molar-refractivity contribution in [2.45, 2.75) is 25.4 Å². The summed E-state index contributed by atoms with van der Waals surface area (Å²) < 4.78 is 30.9. The van der Waals surface area contributed by atoms with Gasteiger partial charge < -0.3 is 14.7 Å². The van der Waals surface area contributed by atoms with Crippen LogP contribution in [0.25, 0.3) is 0 Å². The van der Waals surface area contributed by atoms with Crippen LogP contribution < -0.4 is 4.74 Å². The number of hydrogen-bond acceptors (Lipinski definition) is 3. The minimum Gasteiger partial charge on any atom is -0.491 e. The zero-order valence-electron chi connectivity index (χ0n) is 10.8. The van der Waals surface area contributed by atoms with Gasteiger partial charge in [-0.2, -0.15) is 0 Å². The summed E-state index contributed by atoms with van der Waals surface area (Å²) in [7, 11) is 0. The van der Waals surface area contributed by atoms with Crippen LogP contribution in [0.1, 0.15) is 19.3 Å². The molecule has 3 nitrogen and oxygen atoms in total. The molecule has 5 heteroatoms. The second-order valence-electron chi connectivity index (χ2n) is 4.90. The number of aliphatic hydroxyl groups excluding tert-OH is 1. The number of rotatable bonds is 5. The van der Waals surface area contributed by atoms with Crippen molar-refractivity contribution in [3.05, 3.63) is 29.8 Å². The first-order valence-electron chi connectivity index (χ1n) is 6.63. The highest BCUT2D eigenvalue weighted by Crippen LogP contribution is 2.16. The highest BCUT2D eigenvalue weighted by Gasteiger charge is 2.15. The molecule has 1 saturated heterocycles. The van der Waals surface area contributed by atoms with E-state index < -0.39 is 17.7 Å². The molecular weight excluding hydrogens is 252 g/mol. The number of β-amino-alcohol motifs (C(OH)–C–C–N with tert-alkyl or cyclic N) is 1. The van der Waals surface area contributed by atoms with E-state index in [1.807, 2.05) is 0 Å². The third-order valence-corrected chi connectivity index (χ3v) is 3.25. The Balaban J connectivity index is 1.75. The molecule has 1 unspecified atom stereocenters. The number of piperidine rings is 1. The van der Waals surface area contributed by atoms with Crippen molar-refractivity contribution in [3.8, 4) is 5.75 Å². The maximum atomic E-state index is 13.0. The zero-order chi connectivity index (χ0) is 13.7. The molecular formula is C14H19F2NO2. The van der Waals surface area contributed by atoms with E-state index in [2.05, 4.69) is 4.90 Å². The summed E-state index contributed by atoms with van der Waals surface area (Å²) in [5, 5.41) is 9.85. The van der Waals surface area contributed by atoms with Gasteiger partial charge in [0.05, 0.1) is 0 Å². The molecule has 1 N–H and O–H groups in total. The lowest BCUT2D eigenvalue weighted by Crippen LogP contribution is -2.38. The molecule has 0 aliphatic carbocycles. The maximum Gasteiger partial charge on any atom is 0.162 e. The van der Waals surface area contributed by atoms with E-state index in [-0.39, 0.29) is 12.4 Å². The lowest BCUT2D eigenvalue weighted by atomic mass is 10.1. The number of likely N-dealkylation sites (tertiary alicyclic amines) is 1. The first kappa shape index (κ1) is 14.2. The Morgan fingerprint density at radius 1 is 1.16 bits per heavy atom. The summed E-state index contributed by atoms with van der Waals surface area (Å²) in [5.74, 6) is -1.61. The van der Waals surface area contributed by atoms with Gasteiger partial charge in [0.2, 0.25) is 0 Å². The molecule has 0 amide bonds. The van der Waals surface area contributed by atoms with Gasteiger partial charge in [0, 0.05) is 12.6 Å². The van der Waals surface area contributed by atoms with E-state index in [1.54, 1.807) is 0 Å². The Bertz CT molecular complexity index is 408. The number of nitrogens with zero attached hydrogens (tertiary/aromatic N) is 1. The number of benzene rings is 1. The van der Waals surface area contributed by atoms with Crippen LogP contribution in [0.4, 0.5) is 8.78 Å². The van der Waals surface area contributed by atoms with E-state index >= 15 is 0 Å². The first-order valence-corrected chi connectivity index (χ1v) is 6.63. The molecule has 19 heavy (non-hydrogen) atoms. The second kappa shape index (κ2) is 6.82. The van der Waals surface area contributed by atoms with E-state index in [0.29, 0.717) is 6.54 Å². The van der Waals surface area contributed by atoms with Crippen LogP contribution in [0.3, 0.4) is 0 Å². The van der Waals surface area contributed by atoms with Crippen LogP contribution in [0.2, 0.25) is 0 Å². The van der Waals surface area contributed by atoms with Crippen LogP contribution in [-0.2, 0) is 0 Å². The van der Waals surface area contributed by atoms with E-state index in [9.17, 15) is 13.9 Å². The molecule has 1 aromatic rings. The molecule has 0 radical (unpaired) electrons. The predicted octanol–water partition coefficient (Wildman–Crippen LogP) is 2.19. The highest BCUT2D eigenvalue weighted by molar-refractivity contribution is 5.23. The van der Waals surface area contributed by atoms with Gasteiger partial charge in [0.25, 0.3) is 0 Å². The third kappa shape index (κ3) is 4.44. The van der Waals surface area contributed by atoms with Crippen molar-refractivity contribution in [1.82, 2.24) is 4.90 Å². The Labute approximate surface area is 111 Å². The number of aliphatic hydroxyl groups is 1. The molecule has 2 rings (SSSR count). The quantitative estimate of drug-likeness (QED) is 0.891. The van der Waals surface area contributed by atoms with Crippen LogP contribution in [-0.4, -0.2) is 42.4 Å². The average molecular weight is 271 g/mol. The molecule has 1 atom stereocenters. The first-order chi connectivity index (χ1) is 9.15. The average Bonchev–Trinajstić information content (AvgIpc) is 2.41. The van der Waals surface area contributed by atoms with Gasteiger partial charge in [-0.3, -0.25) is 0 Å². The van der Waals surface area contributed by atoms with Gasteiger partial charge in [-0.25, -0.2) is 8.78 Å². The van der Waals surface area contributed by atoms with Crippen LogP contribution in [0.15, 0.2) is 18.2 Å². The summed E-state index contributed by atoms with van der Waals surface area (Å²) in [4.78, 5) is 2.20. The van der Waals surface area contributed by atoms with Gasteiger partial charge >= 0.3 is 0 Å².